The Morgan fingerprint density at radius 3 is 2.67 bits per heavy atom. The van der Waals surface area contributed by atoms with E-state index in [0.29, 0.717) is 16.7 Å². The molecular formula is C12H16Cl2O. The second-order valence-electron chi connectivity index (χ2n) is 3.50. The summed E-state index contributed by atoms with van der Waals surface area (Å²) in [5.74, 6) is 0. The van der Waals surface area contributed by atoms with Gasteiger partial charge in [0.25, 0.3) is 0 Å². The first kappa shape index (κ1) is 12.8. The van der Waals surface area contributed by atoms with Gasteiger partial charge in [-0.05, 0) is 24.1 Å². The number of hydrogen-bond donors (Lipinski definition) is 0. The average molecular weight is 247 g/mol. The Bertz CT molecular complexity index is 300. The van der Waals surface area contributed by atoms with Crippen molar-refractivity contribution in [3.05, 3.63) is 33.8 Å². The summed E-state index contributed by atoms with van der Waals surface area (Å²) in [5.41, 5.74) is 0.998. The van der Waals surface area contributed by atoms with E-state index in [2.05, 4.69) is 6.92 Å². The van der Waals surface area contributed by atoms with Crippen molar-refractivity contribution in [1.82, 2.24) is 0 Å². The maximum absolute atomic E-state index is 6.01. The molecule has 0 saturated carbocycles. The Labute approximate surface area is 101 Å². The molecule has 0 aliphatic rings. The summed E-state index contributed by atoms with van der Waals surface area (Å²) in [4.78, 5) is 0. The third-order valence-corrected chi connectivity index (χ3v) is 2.75. The SMILES string of the molecule is CCCCCOCc1ccc(Cl)cc1Cl. The van der Waals surface area contributed by atoms with E-state index in [1.165, 1.54) is 12.8 Å². The number of benzene rings is 1. The number of ether oxygens (including phenoxy) is 1. The molecule has 0 spiro atoms. The Hall–Kier alpha value is -0.240. The molecule has 84 valence electrons. The Morgan fingerprint density at radius 2 is 2.00 bits per heavy atom. The molecule has 0 bridgehead atoms. The molecule has 0 aliphatic heterocycles. The van der Waals surface area contributed by atoms with Crippen molar-refractivity contribution in [1.29, 1.82) is 0 Å². The minimum absolute atomic E-state index is 0.569. The van der Waals surface area contributed by atoms with Crippen LogP contribution in [-0.2, 0) is 11.3 Å². The van der Waals surface area contributed by atoms with Crippen LogP contribution in [0.4, 0.5) is 0 Å². The van der Waals surface area contributed by atoms with Gasteiger partial charge in [-0.1, -0.05) is 49.0 Å². The highest BCUT2D eigenvalue weighted by Gasteiger charge is 2.00. The smallest absolute Gasteiger partial charge is 0.0731 e. The maximum Gasteiger partial charge on any atom is 0.0731 e. The van der Waals surface area contributed by atoms with Crippen molar-refractivity contribution >= 4 is 23.2 Å². The van der Waals surface area contributed by atoms with Crippen LogP contribution >= 0.6 is 23.2 Å². The van der Waals surface area contributed by atoms with E-state index in [-0.39, 0.29) is 0 Å². The molecule has 1 aromatic carbocycles. The number of unbranched alkanes of at least 4 members (excludes halogenated alkanes) is 2. The lowest BCUT2D eigenvalue weighted by Gasteiger charge is -2.06. The fraction of sp³-hybridized carbons (Fsp3) is 0.500. The molecule has 0 saturated heterocycles. The largest absolute Gasteiger partial charge is 0.377 e. The lowest BCUT2D eigenvalue weighted by Crippen LogP contribution is -1.96. The molecule has 0 aromatic heterocycles. The summed E-state index contributed by atoms with van der Waals surface area (Å²) >= 11 is 11.8. The molecule has 1 rings (SSSR count). The lowest BCUT2D eigenvalue weighted by molar-refractivity contribution is 0.117. The van der Waals surface area contributed by atoms with Crippen LogP contribution in [0.25, 0.3) is 0 Å². The van der Waals surface area contributed by atoms with Gasteiger partial charge in [-0.15, -0.1) is 0 Å². The first-order chi connectivity index (χ1) is 7.24. The molecule has 0 N–H and O–H groups in total. The molecule has 0 aliphatic carbocycles. The highest BCUT2D eigenvalue weighted by Crippen LogP contribution is 2.21. The van der Waals surface area contributed by atoms with Crippen molar-refractivity contribution < 1.29 is 4.74 Å². The molecule has 3 heteroatoms. The first-order valence-corrected chi connectivity index (χ1v) is 6.01. The van der Waals surface area contributed by atoms with Crippen LogP contribution < -0.4 is 0 Å². The summed E-state index contributed by atoms with van der Waals surface area (Å²) in [6.07, 6.45) is 3.54. The van der Waals surface area contributed by atoms with E-state index in [9.17, 15) is 0 Å². The summed E-state index contributed by atoms with van der Waals surface area (Å²) in [6.45, 7) is 3.54. The Morgan fingerprint density at radius 1 is 1.20 bits per heavy atom. The van der Waals surface area contributed by atoms with Crippen molar-refractivity contribution in [2.45, 2.75) is 32.8 Å². The van der Waals surface area contributed by atoms with E-state index in [4.69, 9.17) is 27.9 Å². The van der Waals surface area contributed by atoms with Gasteiger partial charge in [0, 0.05) is 16.7 Å². The molecular weight excluding hydrogens is 231 g/mol. The molecule has 15 heavy (non-hydrogen) atoms. The zero-order chi connectivity index (χ0) is 11.1. The minimum atomic E-state index is 0.569. The highest BCUT2D eigenvalue weighted by molar-refractivity contribution is 6.35. The normalized spacial score (nSPS) is 10.6. The van der Waals surface area contributed by atoms with Gasteiger partial charge in [0.15, 0.2) is 0 Å². The average Bonchev–Trinajstić information content (AvgIpc) is 2.20. The van der Waals surface area contributed by atoms with Gasteiger partial charge in [0.2, 0.25) is 0 Å². The standard InChI is InChI=1S/C12H16Cl2O/c1-2-3-4-7-15-9-10-5-6-11(13)8-12(10)14/h5-6,8H,2-4,7,9H2,1H3. The van der Waals surface area contributed by atoms with Gasteiger partial charge in [-0.3, -0.25) is 0 Å². The Balaban J connectivity index is 2.31. The zero-order valence-corrected chi connectivity index (χ0v) is 10.4. The van der Waals surface area contributed by atoms with Crippen LogP contribution in [0.5, 0.6) is 0 Å². The van der Waals surface area contributed by atoms with Crippen molar-refractivity contribution in [3.63, 3.8) is 0 Å². The van der Waals surface area contributed by atoms with E-state index >= 15 is 0 Å². The third kappa shape index (κ3) is 4.87. The second kappa shape index (κ2) is 7.10. The molecule has 0 amide bonds. The van der Waals surface area contributed by atoms with Crippen molar-refractivity contribution in [2.24, 2.45) is 0 Å². The van der Waals surface area contributed by atoms with Crippen LogP contribution in [0, 0.1) is 0 Å². The van der Waals surface area contributed by atoms with Gasteiger partial charge in [-0.25, -0.2) is 0 Å². The first-order valence-electron chi connectivity index (χ1n) is 5.25. The van der Waals surface area contributed by atoms with Crippen LogP contribution in [0.2, 0.25) is 10.0 Å². The maximum atomic E-state index is 6.01. The Kier molecular flexibility index (Phi) is 6.07. The van der Waals surface area contributed by atoms with E-state index in [0.717, 1.165) is 18.6 Å². The summed E-state index contributed by atoms with van der Waals surface area (Å²) in [6, 6.07) is 5.48. The summed E-state index contributed by atoms with van der Waals surface area (Å²) in [5, 5.41) is 1.34. The quantitative estimate of drug-likeness (QED) is 0.662. The van der Waals surface area contributed by atoms with Crippen LogP contribution in [0.3, 0.4) is 0 Å². The van der Waals surface area contributed by atoms with Crippen LogP contribution in [0.1, 0.15) is 31.7 Å². The predicted octanol–water partition coefficient (Wildman–Crippen LogP) is 4.70. The van der Waals surface area contributed by atoms with E-state index in [1.54, 1.807) is 6.07 Å². The van der Waals surface area contributed by atoms with Crippen molar-refractivity contribution in [2.75, 3.05) is 6.61 Å². The van der Waals surface area contributed by atoms with Gasteiger partial charge < -0.3 is 4.74 Å². The van der Waals surface area contributed by atoms with Gasteiger partial charge in [0.1, 0.15) is 0 Å². The molecule has 0 unspecified atom stereocenters. The fourth-order valence-corrected chi connectivity index (χ4v) is 1.74. The molecule has 0 radical (unpaired) electrons. The number of halogens is 2. The topological polar surface area (TPSA) is 9.23 Å². The van der Waals surface area contributed by atoms with Crippen LogP contribution in [-0.4, -0.2) is 6.61 Å². The van der Waals surface area contributed by atoms with E-state index < -0.39 is 0 Å². The molecule has 0 atom stereocenters. The fourth-order valence-electron chi connectivity index (χ4n) is 1.27. The monoisotopic (exact) mass is 246 g/mol. The second-order valence-corrected chi connectivity index (χ2v) is 4.34. The molecule has 0 heterocycles. The molecule has 1 aromatic rings. The molecule has 0 fully saturated rings. The van der Waals surface area contributed by atoms with Gasteiger partial charge >= 0.3 is 0 Å². The van der Waals surface area contributed by atoms with Gasteiger partial charge in [0.05, 0.1) is 6.61 Å². The van der Waals surface area contributed by atoms with Gasteiger partial charge in [-0.2, -0.15) is 0 Å². The van der Waals surface area contributed by atoms with Crippen molar-refractivity contribution in [3.8, 4) is 0 Å². The lowest BCUT2D eigenvalue weighted by atomic mass is 10.2. The molecule has 1 nitrogen and oxygen atoms in total. The van der Waals surface area contributed by atoms with Crippen LogP contribution in [0.15, 0.2) is 18.2 Å². The third-order valence-electron chi connectivity index (χ3n) is 2.16. The summed E-state index contributed by atoms with van der Waals surface area (Å²) < 4.78 is 5.51. The predicted molar refractivity (Wildman–Crippen MR) is 65.6 cm³/mol. The van der Waals surface area contributed by atoms with E-state index in [1.807, 2.05) is 12.1 Å². The highest BCUT2D eigenvalue weighted by atomic mass is 35.5. The summed E-state index contributed by atoms with van der Waals surface area (Å²) in [7, 11) is 0. The minimum Gasteiger partial charge on any atom is -0.377 e. The number of rotatable bonds is 6. The zero-order valence-electron chi connectivity index (χ0n) is 8.93. The number of hydrogen-bond acceptors (Lipinski definition) is 1.